The van der Waals surface area contributed by atoms with Gasteiger partial charge >= 0.3 is 0 Å². The van der Waals surface area contributed by atoms with Gasteiger partial charge in [0.1, 0.15) is 0 Å². The first kappa shape index (κ1) is 21.6. The molecule has 0 unspecified atom stereocenters. The molecule has 0 saturated carbocycles. The molecule has 6 heteroatoms. The number of sulfonamides is 1. The quantitative estimate of drug-likeness (QED) is 0.564. The number of carbonyl (C=O) groups excluding carboxylic acids is 1. The van der Waals surface area contributed by atoms with E-state index in [-0.39, 0.29) is 18.9 Å². The lowest BCUT2D eigenvalue weighted by molar-refractivity contribution is -0.116. The van der Waals surface area contributed by atoms with Gasteiger partial charge in [-0.15, -0.1) is 0 Å². The number of hydrogen-bond donors (Lipinski definition) is 1. The Morgan fingerprint density at radius 1 is 0.933 bits per heavy atom. The summed E-state index contributed by atoms with van der Waals surface area (Å²) in [6.07, 6.45) is 1.83. The van der Waals surface area contributed by atoms with Gasteiger partial charge in [0.25, 0.3) is 0 Å². The normalized spacial score (nSPS) is 11.1. The maximum atomic E-state index is 12.5. The van der Waals surface area contributed by atoms with Crippen molar-refractivity contribution in [1.29, 1.82) is 0 Å². The van der Waals surface area contributed by atoms with Gasteiger partial charge in [0.05, 0.1) is 11.9 Å². The first-order chi connectivity index (χ1) is 14.3. The highest BCUT2D eigenvalue weighted by Gasteiger charge is 2.18. The molecule has 1 amide bonds. The number of amides is 1. The molecule has 0 saturated heterocycles. The Morgan fingerprint density at radius 2 is 1.63 bits per heavy atom. The number of para-hydroxylation sites is 1. The van der Waals surface area contributed by atoms with Crippen LogP contribution in [-0.2, 0) is 14.8 Å². The third-order valence-corrected chi connectivity index (χ3v) is 5.94. The summed E-state index contributed by atoms with van der Waals surface area (Å²) >= 11 is 0. The van der Waals surface area contributed by atoms with Crippen molar-refractivity contribution in [3.8, 4) is 11.1 Å². The van der Waals surface area contributed by atoms with Gasteiger partial charge in [-0.05, 0) is 42.7 Å². The Hall–Kier alpha value is -3.12. The molecule has 156 valence electrons. The van der Waals surface area contributed by atoms with E-state index in [0.717, 1.165) is 22.4 Å². The third-order valence-electron chi connectivity index (χ3n) is 4.74. The summed E-state index contributed by atoms with van der Waals surface area (Å²) in [6.45, 7) is 2.16. The molecule has 30 heavy (non-hydrogen) atoms. The predicted octanol–water partition coefficient (Wildman–Crippen LogP) is 4.85. The Balaban J connectivity index is 1.65. The summed E-state index contributed by atoms with van der Waals surface area (Å²) in [5, 5.41) is 2.96. The van der Waals surface area contributed by atoms with E-state index in [1.165, 1.54) is 10.6 Å². The Kier molecular flexibility index (Phi) is 6.90. The molecular weight excluding hydrogens is 396 g/mol. The number of benzene rings is 3. The summed E-state index contributed by atoms with van der Waals surface area (Å²) < 4.78 is 25.8. The molecule has 5 nitrogen and oxygen atoms in total. The average molecular weight is 423 g/mol. The van der Waals surface area contributed by atoms with Gasteiger partial charge in [0.15, 0.2) is 0 Å². The predicted molar refractivity (Wildman–Crippen MR) is 123 cm³/mol. The summed E-state index contributed by atoms with van der Waals surface area (Å²) in [5.41, 5.74) is 4.32. The minimum absolute atomic E-state index is 0.143. The molecule has 3 rings (SSSR count). The number of aryl methyl sites for hydroxylation is 1. The van der Waals surface area contributed by atoms with Gasteiger partial charge in [0.2, 0.25) is 15.9 Å². The zero-order valence-electron chi connectivity index (χ0n) is 17.2. The van der Waals surface area contributed by atoms with Gasteiger partial charge in [-0.3, -0.25) is 9.10 Å². The smallest absolute Gasteiger partial charge is 0.232 e. The highest BCUT2D eigenvalue weighted by molar-refractivity contribution is 7.92. The molecule has 0 aromatic heterocycles. The van der Waals surface area contributed by atoms with E-state index in [9.17, 15) is 13.2 Å². The van der Waals surface area contributed by atoms with Crippen LogP contribution < -0.4 is 9.62 Å². The average Bonchev–Trinajstić information content (AvgIpc) is 2.71. The van der Waals surface area contributed by atoms with E-state index in [4.69, 9.17) is 0 Å². The van der Waals surface area contributed by atoms with Crippen molar-refractivity contribution < 1.29 is 13.2 Å². The summed E-state index contributed by atoms with van der Waals surface area (Å²) in [5.74, 6) is -0.143. The number of nitrogens with zero attached hydrogens (tertiary/aromatic N) is 1. The molecule has 0 heterocycles. The summed E-state index contributed by atoms with van der Waals surface area (Å²) in [4.78, 5) is 12.5. The fourth-order valence-electron chi connectivity index (χ4n) is 3.33. The molecule has 0 aliphatic heterocycles. The molecule has 3 aromatic carbocycles. The maximum absolute atomic E-state index is 12.5. The van der Waals surface area contributed by atoms with E-state index < -0.39 is 10.0 Å². The summed E-state index contributed by atoms with van der Waals surface area (Å²) in [6, 6.07) is 24.9. The number of hydrogen-bond acceptors (Lipinski definition) is 3. The van der Waals surface area contributed by atoms with E-state index >= 15 is 0 Å². The van der Waals surface area contributed by atoms with E-state index in [1.54, 1.807) is 6.07 Å². The van der Waals surface area contributed by atoms with Gasteiger partial charge < -0.3 is 5.32 Å². The third kappa shape index (κ3) is 5.70. The number of anilines is 2. The molecule has 3 aromatic rings. The Morgan fingerprint density at radius 3 is 2.33 bits per heavy atom. The van der Waals surface area contributed by atoms with Crippen LogP contribution in [0.25, 0.3) is 11.1 Å². The Labute approximate surface area is 178 Å². The van der Waals surface area contributed by atoms with E-state index in [2.05, 4.69) is 5.32 Å². The fraction of sp³-hybridized carbons (Fsp3) is 0.208. The molecule has 0 fully saturated rings. The van der Waals surface area contributed by atoms with E-state index in [0.29, 0.717) is 12.1 Å². The number of rotatable bonds is 8. The molecule has 0 atom stereocenters. The monoisotopic (exact) mass is 422 g/mol. The molecule has 1 N–H and O–H groups in total. The van der Waals surface area contributed by atoms with Crippen molar-refractivity contribution in [1.82, 2.24) is 0 Å². The molecule has 0 aliphatic rings. The zero-order chi connectivity index (χ0) is 21.6. The fourth-order valence-corrected chi connectivity index (χ4v) is 4.28. The van der Waals surface area contributed by atoms with Crippen LogP contribution in [0.1, 0.15) is 18.4 Å². The molecule has 0 spiro atoms. The first-order valence-electron chi connectivity index (χ1n) is 9.83. The largest absolute Gasteiger partial charge is 0.326 e. The van der Waals surface area contributed by atoms with Crippen molar-refractivity contribution in [3.05, 3.63) is 84.4 Å². The summed E-state index contributed by atoms with van der Waals surface area (Å²) in [7, 11) is -3.43. The van der Waals surface area contributed by atoms with Gasteiger partial charge in [-0.25, -0.2) is 8.42 Å². The van der Waals surface area contributed by atoms with Crippen LogP contribution in [-0.4, -0.2) is 27.1 Å². The second-order valence-electron chi connectivity index (χ2n) is 7.24. The van der Waals surface area contributed by atoms with Crippen LogP contribution in [0.15, 0.2) is 78.9 Å². The van der Waals surface area contributed by atoms with Gasteiger partial charge in [0, 0.05) is 24.2 Å². The van der Waals surface area contributed by atoms with Crippen molar-refractivity contribution in [2.24, 2.45) is 0 Å². The lowest BCUT2D eigenvalue weighted by Gasteiger charge is -2.22. The minimum atomic E-state index is -3.43. The molecule has 0 radical (unpaired) electrons. The molecule has 0 bridgehead atoms. The molecular formula is C24H26N2O3S. The Bertz CT molecular complexity index is 1110. The lowest BCUT2D eigenvalue weighted by atomic mass is 10.0. The van der Waals surface area contributed by atoms with Crippen LogP contribution in [0.4, 0.5) is 11.4 Å². The van der Waals surface area contributed by atoms with Gasteiger partial charge in [-0.1, -0.05) is 60.7 Å². The zero-order valence-corrected chi connectivity index (χ0v) is 18.0. The number of nitrogens with one attached hydrogen (secondary N) is 1. The van der Waals surface area contributed by atoms with Crippen molar-refractivity contribution in [3.63, 3.8) is 0 Å². The second-order valence-corrected chi connectivity index (χ2v) is 9.14. The van der Waals surface area contributed by atoms with Crippen molar-refractivity contribution in [2.45, 2.75) is 19.8 Å². The SMILES string of the molecule is Cc1cccc(N(CCCC(=O)Nc2ccccc2-c2ccccc2)S(C)(=O)=O)c1. The highest BCUT2D eigenvalue weighted by Crippen LogP contribution is 2.27. The maximum Gasteiger partial charge on any atom is 0.232 e. The van der Waals surface area contributed by atoms with Crippen molar-refractivity contribution >= 4 is 27.3 Å². The molecule has 0 aliphatic carbocycles. The minimum Gasteiger partial charge on any atom is -0.326 e. The van der Waals surface area contributed by atoms with Crippen LogP contribution in [0.5, 0.6) is 0 Å². The standard InChI is InChI=1S/C24H26N2O3S/c1-19-10-8-13-21(18-19)26(30(2,28)29)17-9-16-24(27)25-23-15-7-6-14-22(23)20-11-4-3-5-12-20/h3-8,10-15,18H,9,16-17H2,1-2H3,(H,25,27). The second kappa shape index (κ2) is 9.59. The lowest BCUT2D eigenvalue weighted by Crippen LogP contribution is -2.31. The first-order valence-corrected chi connectivity index (χ1v) is 11.7. The van der Waals surface area contributed by atoms with Crippen LogP contribution in [0.3, 0.4) is 0 Å². The van der Waals surface area contributed by atoms with Crippen LogP contribution in [0.2, 0.25) is 0 Å². The van der Waals surface area contributed by atoms with Crippen LogP contribution in [0, 0.1) is 6.92 Å². The topological polar surface area (TPSA) is 66.5 Å². The van der Waals surface area contributed by atoms with Crippen molar-refractivity contribution in [2.75, 3.05) is 22.4 Å². The van der Waals surface area contributed by atoms with E-state index in [1.807, 2.05) is 79.7 Å². The van der Waals surface area contributed by atoms with Crippen LogP contribution >= 0.6 is 0 Å². The number of carbonyl (C=O) groups is 1. The highest BCUT2D eigenvalue weighted by atomic mass is 32.2. The van der Waals surface area contributed by atoms with Gasteiger partial charge in [-0.2, -0.15) is 0 Å².